The molecule has 0 aliphatic rings. The summed E-state index contributed by atoms with van der Waals surface area (Å²) in [5, 5.41) is 2.39. The Hall–Kier alpha value is -0.970. The Bertz CT molecular complexity index is 129. The monoisotopic (exact) mass is 111 g/mol. The number of carbonyl (C=O) groups is 1. The van der Waals surface area contributed by atoms with Gasteiger partial charge in [0.1, 0.15) is 0 Å². The molecule has 0 aromatic carbocycles. The highest BCUT2D eigenvalue weighted by Gasteiger charge is 1.82. The van der Waals surface area contributed by atoms with Crippen LogP contribution in [0.4, 0.5) is 0 Å². The fraction of sp³-hybridized carbons (Fsp3) is 0.500. The highest BCUT2D eigenvalue weighted by Crippen LogP contribution is 1.65. The van der Waals surface area contributed by atoms with Gasteiger partial charge in [-0.1, -0.05) is 12.8 Å². The summed E-state index contributed by atoms with van der Waals surface area (Å²) in [6, 6.07) is 0. The minimum Gasteiger partial charge on any atom is -0.348 e. The topological polar surface area (TPSA) is 29.1 Å². The molecule has 0 aromatic heterocycles. The second-order valence-corrected chi connectivity index (χ2v) is 1.23. The van der Waals surface area contributed by atoms with Gasteiger partial charge in [-0.25, -0.2) is 0 Å². The van der Waals surface area contributed by atoms with Crippen LogP contribution in [0, 0.1) is 11.8 Å². The summed E-state index contributed by atoms with van der Waals surface area (Å²) in [6.45, 7) is 1.90. The van der Waals surface area contributed by atoms with Crippen LogP contribution < -0.4 is 5.32 Å². The summed E-state index contributed by atoms with van der Waals surface area (Å²) in [5.74, 6) is 4.80. The summed E-state index contributed by atoms with van der Waals surface area (Å²) in [4.78, 5) is 10.3. The Morgan fingerprint density at radius 1 is 1.75 bits per heavy atom. The SMILES string of the molecule is CCC#CC(=O)NC. The maximum Gasteiger partial charge on any atom is 0.295 e. The van der Waals surface area contributed by atoms with Crippen LogP contribution in [0.15, 0.2) is 0 Å². The molecule has 44 valence electrons. The molecule has 1 N–H and O–H groups in total. The van der Waals surface area contributed by atoms with Crippen LogP contribution in [0.25, 0.3) is 0 Å². The molecule has 0 radical (unpaired) electrons. The molecular formula is C6H9NO. The molecule has 0 saturated carbocycles. The molecule has 0 aromatic rings. The highest BCUT2D eigenvalue weighted by molar-refractivity contribution is 5.93. The molecule has 0 fully saturated rings. The lowest BCUT2D eigenvalue weighted by Gasteiger charge is -1.81. The van der Waals surface area contributed by atoms with E-state index in [2.05, 4.69) is 17.2 Å². The molecule has 0 rings (SSSR count). The van der Waals surface area contributed by atoms with Gasteiger partial charge in [0.25, 0.3) is 5.91 Å². The maximum atomic E-state index is 10.3. The van der Waals surface area contributed by atoms with Crippen molar-refractivity contribution in [3.8, 4) is 11.8 Å². The smallest absolute Gasteiger partial charge is 0.295 e. The molecule has 8 heavy (non-hydrogen) atoms. The standard InChI is InChI=1S/C6H9NO/c1-3-4-5-6(8)7-2/h3H2,1-2H3,(H,7,8). The molecule has 0 saturated heterocycles. The van der Waals surface area contributed by atoms with Crippen LogP contribution in [0.3, 0.4) is 0 Å². The Balaban J connectivity index is 3.52. The van der Waals surface area contributed by atoms with Crippen LogP contribution in [-0.2, 0) is 4.79 Å². The average molecular weight is 111 g/mol. The van der Waals surface area contributed by atoms with Crippen LogP contribution in [0.1, 0.15) is 13.3 Å². The van der Waals surface area contributed by atoms with Gasteiger partial charge in [0.05, 0.1) is 0 Å². The third-order valence-corrected chi connectivity index (χ3v) is 0.606. The molecule has 2 heteroatoms. The second-order valence-electron chi connectivity index (χ2n) is 1.23. The van der Waals surface area contributed by atoms with Gasteiger partial charge < -0.3 is 5.32 Å². The zero-order valence-corrected chi connectivity index (χ0v) is 5.12. The van der Waals surface area contributed by atoms with Crippen molar-refractivity contribution in [2.45, 2.75) is 13.3 Å². The lowest BCUT2D eigenvalue weighted by Crippen LogP contribution is -2.14. The third kappa shape index (κ3) is 3.23. The van der Waals surface area contributed by atoms with Crippen molar-refractivity contribution in [3.05, 3.63) is 0 Å². The number of hydrogen-bond donors (Lipinski definition) is 1. The normalized spacial score (nSPS) is 6.75. The van der Waals surface area contributed by atoms with Gasteiger partial charge in [-0.15, -0.1) is 0 Å². The molecule has 0 aliphatic carbocycles. The average Bonchev–Trinajstić information content (AvgIpc) is 1.83. The lowest BCUT2D eigenvalue weighted by atomic mass is 10.4. The summed E-state index contributed by atoms with van der Waals surface area (Å²) in [5.41, 5.74) is 0. The summed E-state index contributed by atoms with van der Waals surface area (Å²) < 4.78 is 0. The molecule has 0 atom stereocenters. The summed E-state index contributed by atoms with van der Waals surface area (Å²) >= 11 is 0. The molecule has 0 bridgehead atoms. The molecule has 0 heterocycles. The molecule has 0 aliphatic heterocycles. The molecular weight excluding hydrogens is 102 g/mol. The summed E-state index contributed by atoms with van der Waals surface area (Å²) in [7, 11) is 1.56. The quantitative estimate of drug-likeness (QED) is 0.443. The van der Waals surface area contributed by atoms with Gasteiger partial charge in [0.15, 0.2) is 0 Å². The Morgan fingerprint density at radius 3 is 2.75 bits per heavy atom. The van der Waals surface area contributed by atoms with E-state index in [9.17, 15) is 4.79 Å². The number of hydrogen-bond acceptors (Lipinski definition) is 1. The molecule has 0 unspecified atom stereocenters. The van der Waals surface area contributed by atoms with Crippen LogP contribution in [0.2, 0.25) is 0 Å². The van der Waals surface area contributed by atoms with E-state index in [4.69, 9.17) is 0 Å². The number of amides is 1. The van der Waals surface area contributed by atoms with Crippen molar-refractivity contribution in [1.29, 1.82) is 0 Å². The number of carbonyl (C=O) groups excluding carboxylic acids is 1. The van der Waals surface area contributed by atoms with Crippen LogP contribution in [-0.4, -0.2) is 13.0 Å². The Kier molecular flexibility index (Phi) is 3.69. The first-order valence-corrected chi connectivity index (χ1v) is 2.51. The van der Waals surface area contributed by atoms with E-state index in [1.165, 1.54) is 0 Å². The Labute approximate surface area is 49.3 Å². The zero-order valence-electron chi connectivity index (χ0n) is 5.12. The van der Waals surface area contributed by atoms with E-state index in [1.54, 1.807) is 7.05 Å². The van der Waals surface area contributed by atoms with Crippen molar-refractivity contribution < 1.29 is 4.79 Å². The molecule has 2 nitrogen and oxygen atoms in total. The molecule has 0 spiro atoms. The number of rotatable bonds is 0. The first-order valence-electron chi connectivity index (χ1n) is 2.51. The van der Waals surface area contributed by atoms with Gasteiger partial charge in [0, 0.05) is 13.5 Å². The van der Waals surface area contributed by atoms with E-state index in [0.29, 0.717) is 0 Å². The lowest BCUT2D eigenvalue weighted by molar-refractivity contribution is -0.115. The minimum atomic E-state index is -0.216. The highest BCUT2D eigenvalue weighted by atomic mass is 16.1. The van der Waals surface area contributed by atoms with E-state index in [-0.39, 0.29) is 5.91 Å². The fourth-order valence-corrected chi connectivity index (χ4v) is 0.231. The first-order chi connectivity index (χ1) is 3.81. The van der Waals surface area contributed by atoms with E-state index >= 15 is 0 Å². The third-order valence-electron chi connectivity index (χ3n) is 0.606. The predicted octanol–water partition coefficient (Wildman–Crippen LogP) is 0.146. The predicted molar refractivity (Wildman–Crippen MR) is 32.1 cm³/mol. The second kappa shape index (κ2) is 4.20. The first kappa shape index (κ1) is 7.03. The van der Waals surface area contributed by atoms with Crippen molar-refractivity contribution >= 4 is 5.91 Å². The molecule has 1 amide bonds. The van der Waals surface area contributed by atoms with E-state index < -0.39 is 0 Å². The summed E-state index contributed by atoms with van der Waals surface area (Å²) in [6.07, 6.45) is 0.730. The largest absolute Gasteiger partial charge is 0.348 e. The van der Waals surface area contributed by atoms with E-state index in [1.807, 2.05) is 6.92 Å². The van der Waals surface area contributed by atoms with Gasteiger partial charge in [-0.2, -0.15) is 0 Å². The maximum absolute atomic E-state index is 10.3. The van der Waals surface area contributed by atoms with Crippen molar-refractivity contribution in [1.82, 2.24) is 5.32 Å². The van der Waals surface area contributed by atoms with Gasteiger partial charge >= 0.3 is 0 Å². The number of nitrogens with one attached hydrogen (secondary N) is 1. The van der Waals surface area contributed by atoms with Crippen LogP contribution in [0.5, 0.6) is 0 Å². The van der Waals surface area contributed by atoms with Crippen molar-refractivity contribution in [2.75, 3.05) is 7.05 Å². The Morgan fingerprint density at radius 2 is 2.38 bits per heavy atom. The fourth-order valence-electron chi connectivity index (χ4n) is 0.231. The van der Waals surface area contributed by atoms with Gasteiger partial charge in [0.2, 0.25) is 0 Å². The zero-order chi connectivity index (χ0) is 6.41. The van der Waals surface area contributed by atoms with Gasteiger partial charge in [-0.05, 0) is 5.92 Å². The van der Waals surface area contributed by atoms with Gasteiger partial charge in [-0.3, -0.25) is 4.79 Å². The van der Waals surface area contributed by atoms with E-state index in [0.717, 1.165) is 6.42 Å². The van der Waals surface area contributed by atoms with Crippen molar-refractivity contribution in [2.24, 2.45) is 0 Å². The van der Waals surface area contributed by atoms with Crippen LogP contribution >= 0.6 is 0 Å². The van der Waals surface area contributed by atoms with Crippen molar-refractivity contribution in [3.63, 3.8) is 0 Å². The minimum absolute atomic E-state index is 0.216.